The van der Waals surface area contributed by atoms with Crippen LogP contribution in [-0.4, -0.2) is 43.4 Å². The topological polar surface area (TPSA) is 140 Å². The zero-order chi connectivity index (χ0) is 18.4. The highest BCUT2D eigenvalue weighted by molar-refractivity contribution is 5.92. The van der Waals surface area contributed by atoms with Crippen LogP contribution in [0.15, 0.2) is 30.5 Å². The van der Waals surface area contributed by atoms with Crippen LogP contribution in [0.1, 0.15) is 30.3 Å². The third kappa shape index (κ3) is 4.59. The third-order valence-electron chi connectivity index (χ3n) is 3.53. The van der Waals surface area contributed by atoms with E-state index in [0.29, 0.717) is 18.5 Å². The largest absolute Gasteiger partial charge is 0.481 e. The Bertz CT molecular complexity index is 788. The van der Waals surface area contributed by atoms with Crippen molar-refractivity contribution in [3.63, 3.8) is 0 Å². The van der Waals surface area contributed by atoms with Crippen LogP contribution in [0.5, 0.6) is 0 Å². The molecule has 2 N–H and O–H groups in total. The number of nitrogens with zero attached hydrogens (tertiary/aromatic N) is 4. The van der Waals surface area contributed by atoms with Crippen molar-refractivity contribution < 1.29 is 19.6 Å². The maximum atomic E-state index is 12.1. The number of hydrogen-bond acceptors (Lipinski definition) is 6. The van der Waals surface area contributed by atoms with E-state index < -0.39 is 22.7 Å². The first-order chi connectivity index (χ1) is 11.9. The van der Waals surface area contributed by atoms with Gasteiger partial charge in [-0.25, -0.2) is 4.68 Å². The number of aliphatic carboxylic acids is 1. The summed E-state index contributed by atoms with van der Waals surface area (Å²) < 4.78 is 1.24. The second kappa shape index (κ2) is 7.99. The molecule has 0 spiro atoms. The van der Waals surface area contributed by atoms with Gasteiger partial charge in [0.1, 0.15) is 0 Å². The van der Waals surface area contributed by atoms with Crippen molar-refractivity contribution >= 4 is 17.6 Å². The molecule has 2 aromatic rings. The number of nitrogens with one attached hydrogen (secondary N) is 1. The van der Waals surface area contributed by atoms with Gasteiger partial charge in [0.05, 0.1) is 22.7 Å². The monoisotopic (exact) mass is 347 g/mol. The Balaban J connectivity index is 2.07. The molecule has 132 valence electrons. The highest BCUT2D eigenvalue weighted by atomic mass is 16.6. The van der Waals surface area contributed by atoms with E-state index in [2.05, 4.69) is 15.6 Å². The van der Waals surface area contributed by atoms with Crippen molar-refractivity contribution in [2.24, 2.45) is 5.92 Å². The van der Waals surface area contributed by atoms with E-state index in [0.717, 1.165) is 0 Å². The van der Waals surface area contributed by atoms with Crippen LogP contribution < -0.4 is 5.32 Å². The summed E-state index contributed by atoms with van der Waals surface area (Å²) in [5, 5.41) is 29.9. The highest BCUT2D eigenvalue weighted by Gasteiger charge is 2.19. The van der Waals surface area contributed by atoms with E-state index >= 15 is 0 Å². The minimum atomic E-state index is -0.970. The van der Waals surface area contributed by atoms with Gasteiger partial charge in [-0.15, -0.1) is 5.10 Å². The lowest BCUT2D eigenvalue weighted by Gasteiger charge is -2.11. The molecule has 0 aliphatic carbocycles. The summed E-state index contributed by atoms with van der Waals surface area (Å²) in [6, 6.07) is 5.73. The standard InChI is InChI=1S/C15H17N5O5/c1-2-4-10(15(22)23)8-16-14(21)13-9-19(18-17-13)11-5-3-6-12(7-11)20(24)25/h3,5-7,9-10H,2,4,8H2,1H3,(H,16,21)(H,22,23). The summed E-state index contributed by atoms with van der Waals surface area (Å²) in [5.41, 5.74) is 0.269. The molecule has 1 atom stereocenters. The molecular weight excluding hydrogens is 330 g/mol. The van der Waals surface area contributed by atoms with Crippen LogP contribution in [0.25, 0.3) is 5.69 Å². The van der Waals surface area contributed by atoms with Crippen molar-refractivity contribution in [3.8, 4) is 5.69 Å². The van der Waals surface area contributed by atoms with E-state index in [1.807, 2.05) is 6.92 Å². The average Bonchev–Trinajstić information content (AvgIpc) is 3.08. The maximum Gasteiger partial charge on any atom is 0.308 e. The molecule has 1 amide bonds. The zero-order valence-corrected chi connectivity index (χ0v) is 13.5. The number of amides is 1. The third-order valence-corrected chi connectivity index (χ3v) is 3.53. The van der Waals surface area contributed by atoms with Crippen molar-refractivity contribution in [1.82, 2.24) is 20.3 Å². The number of benzene rings is 1. The molecule has 2 rings (SSSR count). The number of aromatic nitrogens is 3. The number of carboxylic acid groups (broad SMARTS) is 1. The SMILES string of the molecule is CCCC(CNC(=O)c1cn(-c2cccc([N+](=O)[O-])c2)nn1)C(=O)O. The van der Waals surface area contributed by atoms with E-state index in [1.165, 1.54) is 29.1 Å². The van der Waals surface area contributed by atoms with Crippen LogP contribution >= 0.6 is 0 Å². The number of non-ortho nitro benzene ring substituents is 1. The normalized spacial score (nSPS) is 11.7. The first kappa shape index (κ1) is 18.0. The lowest BCUT2D eigenvalue weighted by molar-refractivity contribution is -0.384. The average molecular weight is 347 g/mol. The Hall–Kier alpha value is -3.30. The Morgan fingerprint density at radius 2 is 2.20 bits per heavy atom. The van der Waals surface area contributed by atoms with Gasteiger partial charge >= 0.3 is 5.97 Å². The van der Waals surface area contributed by atoms with Crippen LogP contribution in [0.4, 0.5) is 5.69 Å². The molecular formula is C15H17N5O5. The highest BCUT2D eigenvalue weighted by Crippen LogP contribution is 2.16. The predicted octanol–water partition coefficient (Wildman–Crippen LogP) is 1.41. The molecule has 0 aliphatic heterocycles. The lowest BCUT2D eigenvalue weighted by atomic mass is 10.0. The molecule has 10 nitrogen and oxygen atoms in total. The van der Waals surface area contributed by atoms with Gasteiger partial charge in [-0.1, -0.05) is 24.6 Å². The van der Waals surface area contributed by atoms with Crippen LogP contribution in [0.2, 0.25) is 0 Å². The van der Waals surface area contributed by atoms with Gasteiger partial charge < -0.3 is 10.4 Å². The molecule has 0 saturated carbocycles. The number of carbonyl (C=O) groups is 2. The summed E-state index contributed by atoms with van der Waals surface area (Å²) >= 11 is 0. The molecule has 25 heavy (non-hydrogen) atoms. The maximum absolute atomic E-state index is 12.1. The zero-order valence-electron chi connectivity index (χ0n) is 13.5. The minimum absolute atomic E-state index is 0.00727. The smallest absolute Gasteiger partial charge is 0.308 e. The molecule has 0 aliphatic rings. The molecule has 0 radical (unpaired) electrons. The van der Waals surface area contributed by atoms with Crippen LogP contribution in [-0.2, 0) is 4.79 Å². The van der Waals surface area contributed by atoms with Crippen LogP contribution in [0.3, 0.4) is 0 Å². The van der Waals surface area contributed by atoms with Gasteiger partial charge in [-0.05, 0) is 12.5 Å². The minimum Gasteiger partial charge on any atom is -0.481 e. The van der Waals surface area contributed by atoms with Gasteiger partial charge in [0.25, 0.3) is 11.6 Å². The van der Waals surface area contributed by atoms with E-state index in [9.17, 15) is 19.7 Å². The van der Waals surface area contributed by atoms with Gasteiger partial charge in [-0.2, -0.15) is 0 Å². The fourth-order valence-electron chi connectivity index (χ4n) is 2.21. The van der Waals surface area contributed by atoms with Crippen molar-refractivity contribution in [2.45, 2.75) is 19.8 Å². The lowest BCUT2D eigenvalue weighted by Crippen LogP contribution is -2.33. The molecule has 1 aromatic carbocycles. The van der Waals surface area contributed by atoms with Crippen molar-refractivity contribution in [2.75, 3.05) is 6.54 Å². The summed E-state index contributed by atoms with van der Waals surface area (Å²) in [6.07, 6.45) is 2.47. The summed E-state index contributed by atoms with van der Waals surface area (Å²) in [7, 11) is 0. The van der Waals surface area contributed by atoms with E-state index in [-0.39, 0.29) is 17.9 Å². The number of hydrogen-bond donors (Lipinski definition) is 2. The summed E-state index contributed by atoms with van der Waals surface area (Å²) in [5.74, 6) is -2.19. The van der Waals surface area contributed by atoms with E-state index in [1.54, 1.807) is 6.07 Å². The number of nitro groups is 1. The molecule has 1 aromatic heterocycles. The first-order valence-electron chi connectivity index (χ1n) is 7.60. The molecule has 1 unspecified atom stereocenters. The fraction of sp³-hybridized carbons (Fsp3) is 0.333. The number of carboxylic acids is 1. The summed E-state index contributed by atoms with van der Waals surface area (Å²) in [4.78, 5) is 33.4. The van der Waals surface area contributed by atoms with E-state index in [4.69, 9.17) is 5.11 Å². The Kier molecular flexibility index (Phi) is 5.77. The van der Waals surface area contributed by atoms with Gasteiger partial charge in [0.2, 0.25) is 0 Å². The molecule has 0 fully saturated rings. The number of carbonyl (C=O) groups excluding carboxylic acids is 1. The fourth-order valence-corrected chi connectivity index (χ4v) is 2.21. The van der Waals surface area contributed by atoms with Gasteiger partial charge in [-0.3, -0.25) is 19.7 Å². The number of nitro benzene ring substituents is 1. The Labute approximate surface area is 142 Å². The molecule has 1 heterocycles. The summed E-state index contributed by atoms with van der Waals surface area (Å²) in [6.45, 7) is 1.86. The van der Waals surface area contributed by atoms with Crippen LogP contribution in [0, 0.1) is 16.0 Å². The van der Waals surface area contributed by atoms with Gasteiger partial charge in [0, 0.05) is 18.7 Å². The van der Waals surface area contributed by atoms with Crippen molar-refractivity contribution in [3.05, 3.63) is 46.3 Å². The molecule has 10 heteroatoms. The molecule has 0 saturated heterocycles. The first-order valence-corrected chi connectivity index (χ1v) is 7.60. The van der Waals surface area contributed by atoms with Gasteiger partial charge in [0.15, 0.2) is 5.69 Å². The predicted molar refractivity (Wildman–Crippen MR) is 86.4 cm³/mol. The number of rotatable bonds is 8. The molecule has 0 bridgehead atoms. The Morgan fingerprint density at radius 1 is 1.44 bits per heavy atom. The quantitative estimate of drug-likeness (QED) is 0.543. The van der Waals surface area contributed by atoms with Crippen molar-refractivity contribution in [1.29, 1.82) is 0 Å². The second-order valence-electron chi connectivity index (χ2n) is 5.36. The second-order valence-corrected chi connectivity index (χ2v) is 5.36. The Morgan fingerprint density at radius 3 is 2.84 bits per heavy atom.